The smallest absolute Gasteiger partial charge is 0.327 e. The van der Waals surface area contributed by atoms with Crippen molar-refractivity contribution in [3.63, 3.8) is 0 Å². The summed E-state index contributed by atoms with van der Waals surface area (Å²) in [7, 11) is 0. The molecule has 0 spiro atoms. The van der Waals surface area contributed by atoms with Crippen molar-refractivity contribution in [3.05, 3.63) is 29.8 Å². The van der Waals surface area contributed by atoms with Crippen molar-refractivity contribution in [2.24, 2.45) is 0 Å². The number of ether oxygens (including phenoxy) is 1. The van der Waals surface area contributed by atoms with E-state index in [9.17, 15) is 9.59 Å². The number of nitriles is 1. The molecule has 1 saturated heterocycles. The molecule has 1 amide bonds. The van der Waals surface area contributed by atoms with Crippen LogP contribution in [0.5, 0.6) is 5.75 Å². The highest BCUT2D eigenvalue weighted by molar-refractivity contribution is 7.99. The third-order valence-corrected chi connectivity index (χ3v) is 4.10. The SMILES string of the molecule is N#Cc1ccc(OCC(=O)N2CCSCC2C(=O)O)cc1. The third-order valence-electron chi connectivity index (χ3n) is 3.08. The Balaban J connectivity index is 1.93. The Kier molecular flexibility index (Phi) is 5.06. The van der Waals surface area contributed by atoms with Gasteiger partial charge in [0.2, 0.25) is 0 Å². The first-order valence-electron chi connectivity index (χ1n) is 6.35. The molecule has 1 N–H and O–H groups in total. The Morgan fingerprint density at radius 3 is 2.76 bits per heavy atom. The molecule has 1 aromatic carbocycles. The van der Waals surface area contributed by atoms with Crippen LogP contribution in [-0.4, -0.2) is 52.6 Å². The van der Waals surface area contributed by atoms with Gasteiger partial charge in [0.1, 0.15) is 11.8 Å². The molecular weight excluding hydrogens is 292 g/mol. The highest BCUT2D eigenvalue weighted by atomic mass is 32.2. The first-order chi connectivity index (χ1) is 10.1. The number of nitrogens with zero attached hydrogens (tertiary/aromatic N) is 2. The van der Waals surface area contributed by atoms with E-state index in [1.54, 1.807) is 24.3 Å². The monoisotopic (exact) mass is 306 g/mol. The fraction of sp³-hybridized carbons (Fsp3) is 0.357. The lowest BCUT2D eigenvalue weighted by atomic mass is 10.2. The van der Waals surface area contributed by atoms with Crippen LogP contribution < -0.4 is 4.74 Å². The van der Waals surface area contributed by atoms with Gasteiger partial charge in [0.15, 0.2) is 6.61 Å². The molecule has 1 heterocycles. The first-order valence-corrected chi connectivity index (χ1v) is 7.50. The lowest BCUT2D eigenvalue weighted by Gasteiger charge is -2.32. The fourth-order valence-electron chi connectivity index (χ4n) is 1.96. The number of benzene rings is 1. The molecule has 0 radical (unpaired) electrons. The molecule has 110 valence electrons. The second kappa shape index (κ2) is 6.99. The maximum Gasteiger partial charge on any atom is 0.327 e. The van der Waals surface area contributed by atoms with Gasteiger partial charge in [-0.2, -0.15) is 17.0 Å². The Hall–Kier alpha value is -2.20. The van der Waals surface area contributed by atoms with Gasteiger partial charge in [0.05, 0.1) is 11.6 Å². The van der Waals surface area contributed by atoms with Gasteiger partial charge in [0.25, 0.3) is 5.91 Å². The molecule has 1 fully saturated rings. The summed E-state index contributed by atoms with van der Waals surface area (Å²) in [6.45, 7) is 0.206. The number of rotatable bonds is 4. The summed E-state index contributed by atoms with van der Waals surface area (Å²) in [5, 5.41) is 17.8. The summed E-state index contributed by atoms with van der Waals surface area (Å²) < 4.78 is 5.35. The van der Waals surface area contributed by atoms with E-state index < -0.39 is 12.0 Å². The maximum absolute atomic E-state index is 12.1. The third kappa shape index (κ3) is 3.89. The van der Waals surface area contributed by atoms with Gasteiger partial charge in [-0.05, 0) is 24.3 Å². The van der Waals surface area contributed by atoms with Gasteiger partial charge >= 0.3 is 5.97 Å². The van der Waals surface area contributed by atoms with Crippen LogP contribution >= 0.6 is 11.8 Å². The van der Waals surface area contributed by atoms with Gasteiger partial charge in [-0.15, -0.1) is 0 Å². The van der Waals surface area contributed by atoms with Crippen molar-refractivity contribution in [1.29, 1.82) is 5.26 Å². The molecule has 1 atom stereocenters. The number of aliphatic carboxylic acids is 1. The molecule has 2 rings (SSSR count). The van der Waals surface area contributed by atoms with Gasteiger partial charge in [-0.1, -0.05) is 0 Å². The summed E-state index contributed by atoms with van der Waals surface area (Å²) in [6, 6.07) is 7.60. The number of carbonyl (C=O) groups is 2. The molecule has 0 aliphatic carbocycles. The predicted molar refractivity (Wildman–Crippen MR) is 77.1 cm³/mol. The molecule has 1 unspecified atom stereocenters. The molecule has 0 saturated carbocycles. The van der Waals surface area contributed by atoms with Crippen molar-refractivity contribution < 1.29 is 19.4 Å². The zero-order chi connectivity index (χ0) is 15.2. The number of carbonyl (C=O) groups excluding carboxylic acids is 1. The van der Waals surface area contributed by atoms with E-state index in [4.69, 9.17) is 15.1 Å². The summed E-state index contributed by atoms with van der Waals surface area (Å²) in [4.78, 5) is 24.6. The zero-order valence-corrected chi connectivity index (χ0v) is 12.0. The van der Waals surface area contributed by atoms with Crippen LogP contribution in [0.25, 0.3) is 0 Å². The van der Waals surface area contributed by atoms with Crippen molar-refractivity contribution in [3.8, 4) is 11.8 Å². The minimum Gasteiger partial charge on any atom is -0.484 e. The summed E-state index contributed by atoms with van der Waals surface area (Å²) in [6.07, 6.45) is 0. The van der Waals surface area contributed by atoms with Gasteiger partial charge in [0, 0.05) is 18.1 Å². The second-order valence-corrected chi connectivity index (χ2v) is 5.59. The molecule has 1 aromatic rings. The molecule has 7 heteroatoms. The van der Waals surface area contributed by atoms with Crippen LogP contribution in [0.1, 0.15) is 5.56 Å². The number of hydrogen-bond acceptors (Lipinski definition) is 5. The van der Waals surface area contributed by atoms with E-state index in [2.05, 4.69) is 0 Å². The molecule has 0 aromatic heterocycles. The van der Waals surface area contributed by atoms with E-state index >= 15 is 0 Å². The van der Waals surface area contributed by atoms with E-state index in [-0.39, 0.29) is 12.5 Å². The summed E-state index contributed by atoms with van der Waals surface area (Å²) in [5.74, 6) is 0.270. The van der Waals surface area contributed by atoms with Crippen molar-refractivity contribution >= 4 is 23.6 Å². The van der Waals surface area contributed by atoms with E-state index in [0.717, 1.165) is 5.75 Å². The largest absolute Gasteiger partial charge is 0.484 e. The maximum atomic E-state index is 12.1. The highest BCUT2D eigenvalue weighted by Gasteiger charge is 2.32. The van der Waals surface area contributed by atoms with Crippen molar-refractivity contribution in [2.75, 3.05) is 24.7 Å². The van der Waals surface area contributed by atoms with Gasteiger partial charge in [-0.25, -0.2) is 4.79 Å². The first kappa shape index (κ1) is 15.2. The lowest BCUT2D eigenvalue weighted by Crippen LogP contribution is -2.51. The van der Waals surface area contributed by atoms with E-state index in [1.807, 2.05) is 6.07 Å². The summed E-state index contributed by atoms with van der Waals surface area (Å²) in [5.41, 5.74) is 0.507. The second-order valence-electron chi connectivity index (χ2n) is 4.44. The normalized spacial score (nSPS) is 17.9. The van der Waals surface area contributed by atoms with Crippen LogP contribution in [0.4, 0.5) is 0 Å². The average molecular weight is 306 g/mol. The number of hydrogen-bond donors (Lipinski definition) is 1. The van der Waals surface area contributed by atoms with E-state index in [0.29, 0.717) is 23.6 Å². The number of thioether (sulfide) groups is 1. The topological polar surface area (TPSA) is 90.6 Å². The van der Waals surface area contributed by atoms with Crippen LogP contribution in [-0.2, 0) is 9.59 Å². The van der Waals surface area contributed by atoms with Crippen LogP contribution in [0.3, 0.4) is 0 Å². The minimum absolute atomic E-state index is 0.208. The van der Waals surface area contributed by atoms with Crippen molar-refractivity contribution in [1.82, 2.24) is 4.90 Å². The molecule has 0 bridgehead atoms. The Morgan fingerprint density at radius 2 is 2.14 bits per heavy atom. The molecular formula is C14H14N2O4S. The lowest BCUT2D eigenvalue weighted by molar-refractivity contribution is -0.150. The Labute approximate surface area is 126 Å². The molecule has 21 heavy (non-hydrogen) atoms. The van der Waals surface area contributed by atoms with Crippen LogP contribution in [0.15, 0.2) is 24.3 Å². The fourth-order valence-corrected chi connectivity index (χ4v) is 3.00. The zero-order valence-electron chi connectivity index (χ0n) is 11.2. The number of carboxylic acid groups (broad SMARTS) is 1. The number of amides is 1. The number of carboxylic acids is 1. The quantitative estimate of drug-likeness (QED) is 0.891. The molecule has 1 aliphatic rings. The van der Waals surface area contributed by atoms with Gasteiger partial charge in [-0.3, -0.25) is 4.79 Å². The Bertz CT molecular complexity index is 567. The van der Waals surface area contributed by atoms with Gasteiger partial charge < -0.3 is 14.7 Å². The molecule has 1 aliphatic heterocycles. The average Bonchev–Trinajstić information content (AvgIpc) is 2.53. The standard InChI is InChI=1S/C14H14N2O4S/c15-7-10-1-3-11(4-2-10)20-8-13(17)16-5-6-21-9-12(16)14(18)19/h1-4,12H,5-6,8-9H2,(H,18,19). The van der Waals surface area contributed by atoms with Crippen LogP contribution in [0, 0.1) is 11.3 Å². The minimum atomic E-state index is -0.992. The van der Waals surface area contributed by atoms with E-state index in [1.165, 1.54) is 16.7 Å². The molecule has 6 nitrogen and oxygen atoms in total. The highest BCUT2D eigenvalue weighted by Crippen LogP contribution is 2.17. The van der Waals surface area contributed by atoms with Crippen LogP contribution in [0.2, 0.25) is 0 Å². The predicted octanol–water partition coefficient (Wildman–Crippen LogP) is 0.966. The van der Waals surface area contributed by atoms with Crippen molar-refractivity contribution in [2.45, 2.75) is 6.04 Å². The Morgan fingerprint density at radius 1 is 1.43 bits per heavy atom. The summed E-state index contributed by atoms with van der Waals surface area (Å²) >= 11 is 1.52.